The molecule has 8 nitrogen and oxygen atoms in total. The van der Waals surface area contributed by atoms with Crippen molar-refractivity contribution < 1.29 is 37.9 Å². The molecule has 20 aromatic carbocycles. The molecule has 0 saturated carbocycles. The number of rotatable bonds is 8. The second kappa shape index (κ2) is 34.0. The van der Waals surface area contributed by atoms with Crippen molar-refractivity contribution in [2.45, 2.75) is 34.6 Å². The van der Waals surface area contributed by atoms with Crippen LogP contribution < -0.4 is 103 Å². The van der Waals surface area contributed by atoms with Crippen LogP contribution in [0.2, 0.25) is 0 Å². The van der Waals surface area contributed by atoms with Crippen molar-refractivity contribution in [3.8, 4) is 181 Å². The number of hydrogen-bond acceptors (Lipinski definition) is 8. The molecule has 28 rings (SSSR count). The number of aryl methyl sites for hydroxylation is 5. The Bertz CT molecular complexity index is 8260. The Kier molecular flexibility index (Phi) is 20.3. The lowest BCUT2D eigenvalue weighted by Crippen LogP contribution is -2.57. The number of ether oxygens (including phenoxy) is 8. The minimum Gasteiger partial charge on any atom is -0.458 e. The van der Waals surface area contributed by atoms with Crippen LogP contribution in [0.15, 0.2) is 431 Å². The third-order valence-electron chi connectivity index (χ3n) is 28.2. The first-order chi connectivity index (χ1) is 67.5. The molecule has 0 amide bonds. The van der Waals surface area contributed by atoms with Gasteiger partial charge in [-0.15, -0.1) is 0 Å². The van der Waals surface area contributed by atoms with Gasteiger partial charge >= 0.3 is 0 Å². The van der Waals surface area contributed by atoms with Crippen LogP contribution >= 0.6 is 0 Å². The van der Waals surface area contributed by atoms with Crippen molar-refractivity contribution in [2.75, 3.05) is 0 Å². The Morgan fingerprint density at radius 1 is 0.131 bits per heavy atom. The molecule has 0 fully saturated rings. The highest BCUT2D eigenvalue weighted by Crippen LogP contribution is 2.47. The minimum atomic E-state index is 0.0432. The first kappa shape index (κ1) is 82.0. The van der Waals surface area contributed by atoms with Crippen LogP contribution in [0.25, 0.3) is 89.0 Å². The highest BCUT2D eigenvalue weighted by molar-refractivity contribution is 7.00. The van der Waals surface area contributed by atoms with E-state index in [2.05, 4.69) is 399 Å². The molecule has 0 N–H and O–H groups in total. The second-order valence-electron chi connectivity index (χ2n) is 36.3. The zero-order valence-corrected chi connectivity index (χ0v) is 76.1. The van der Waals surface area contributed by atoms with E-state index >= 15 is 0 Å². The molecule has 20 aromatic rings. The molecule has 0 radical (unpaired) electrons. The molecule has 0 atom stereocenters. The van der Waals surface area contributed by atoms with Gasteiger partial charge in [0.1, 0.15) is 92.0 Å². The molecule has 0 unspecified atom stereocenters. The fourth-order valence-corrected chi connectivity index (χ4v) is 21.7. The lowest BCUT2D eigenvalue weighted by atomic mass is 9.34. The zero-order valence-electron chi connectivity index (χ0n) is 76.1. The van der Waals surface area contributed by atoms with E-state index in [4.69, 9.17) is 37.9 Å². The summed E-state index contributed by atoms with van der Waals surface area (Å²) in [6.45, 7) is 11.0. The maximum absolute atomic E-state index is 6.63. The maximum Gasteiger partial charge on any atom is 0.260 e. The van der Waals surface area contributed by atoms with E-state index in [9.17, 15) is 0 Å². The Labute approximate surface area is 799 Å². The number of benzene rings is 20. The molecule has 0 bridgehead atoms. The Hall–Kier alpha value is -16.9. The smallest absolute Gasteiger partial charge is 0.260 e. The van der Waals surface area contributed by atoms with E-state index in [0.29, 0.717) is 0 Å². The summed E-state index contributed by atoms with van der Waals surface area (Å²) in [6.07, 6.45) is 0. The Morgan fingerprint density at radius 2 is 0.372 bits per heavy atom. The minimum absolute atomic E-state index is 0.0432. The van der Waals surface area contributed by atoms with Crippen LogP contribution in [-0.2, 0) is 0 Å². The van der Waals surface area contributed by atoms with Gasteiger partial charge in [-0.3, -0.25) is 0 Å². The maximum atomic E-state index is 6.63. The molecule has 8 aliphatic rings. The van der Waals surface area contributed by atoms with Gasteiger partial charge in [0.05, 0.1) is 0 Å². The van der Waals surface area contributed by atoms with Crippen LogP contribution in [0.5, 0.6) is 92.0 Å². The fourth-order valence-electron chi connectivity index (χ4n) is 21.7. The lowest BCUT2D eigenvalue weighted by Gasteiger charge is -2.34. The van der Waals surface area contributed by atoms with Crippen LogP contribution in [0.1, 0.15) is 27.8 Å². The van der Waals surface area contributed by atoms with Crippen molar-refractivity contribution in [1.29, 1.82) is 0 Å². The second-order valence-corrected chi connectivity index (χ2v) is 36.3. The Morgan fingerprint density at radius 3 is 0.715 bits per heavy atom. The molecule has 12 heteroatoms. The van der Waals surface area contributed by atoms with Crippen LogP contribution in [0.4, 0.5) is 0 Å². The van der Waals surface area contributed by atoms with Gasteiger partial charge in [-0.1, -0.05) is 358 Å². The molecular weight excluding hydrogens is 1670 g/mol. The van der Waals surface area contributed by atoms with Gasteiger partial charge in [0.25, 0.3) is 26.9 Å². The number of para-hydroxylation sites is 4. The first-order valence-electron chi connectivity index (χ1n) is 47.0. The molecule has 0 saturated heterocycles. The van der Waals surface area contributed by atoms with Crippen molar-refractivity contribution in [2.24, 2.45) is 0 Å². The van der Waals surface area contributed by atoms with Crippen molar-refractivity contribution in [3.63, 3.8) is 0 Å². The topological polar surface area (TPSA) is 73.8 Å². The summed E-state index contributed by atoms with van der Waals surface area (Å²) < 4.78 is 52.1. The molecule has 137 heavy (non-hydrogen) atoms. The molecular formula is C125H86B4O8. The van der Waals surface area contributed by atoms with E-state index in [1.165, 1.54) is 127 Å². The summed E-state index contributed by atoms with van der Waals surface area (Å²) in [7, 11) is 0. The largest absolute Gasteiger partial charge is 0.458 e. The van der Waals surface area contributed by atoms with E-state index in [0.717, 1.165) is 147 Å². The fraction of sp³-hybridized carbons (Fsp3) is 0.0400. The lowest BCUT2D eigenvalue weighted by molar-refractivity contribution is 0.465. The molecule has 8 aliphatic heterocycles. The summed E-state index contributed by atoms with van der Waals surface area (Å²) in [6, 6.07) is 151. The summed E-state index contributed by atoms with van der Waals surface area (Å²) in [5.74, 6) is 14.3. The number of fused-ring (bicyclic) bond motifs is 16. The first-order valence-corrected chi connectivity index (χ1v) is 47.0. The van der Waals surface area contributed by atoms with Gasteiger partial charge in [0, 0.05) is 44.1 Å². The summed E-state index contributed by atoms with van der Waals surface area (Å²) in [5.41, 5.74) is 38.9. The van der Waals surface area contributed by atoms with E-state index in [1.54, 1.807) is 0 Å². The third kappa shape index (κ3) is 14.3. The van der Waals surface area contributed by atoms with E-state index in [1.807, 2.05) is 66.7 Å². The predicted octanol–water partition coefficient (Wildman–Crippen LogP) is 24.5. The third-order valence-corrected chi connectivity index (χ3v) is 28.2. The monoisotopic (exact) mass is 1760 g/mol. The standard InChI is InChI=1S/C32H23BO2.3C31H21BO2/c1-20-9-3-5-11-23(20)22-17-18-28-27(19-22)33-26-14-7-13-25(24-12-6-4-10-21(24)2)32(26)35-30-16-8-15-29(34-28)31(30)33;1-20-9-5-6-12-23(20)22-17-18-25-29(19-22)33-27-15-8-16-28-30(27)32(25)26-14-7-13-24(31(26)34-28)21-10-3-2-4-11-21;1-20-9-5-6-12-23(20)22-17-18-27-26(19-22)32-25-14-7-13-24(21-10-3-2-4-11-21)31(25)34-29-16-8-15-28(33-27)30(29)32;1-20-9-5-6-12-23(20)24-13-7-14-25-31(24)34-29-16-8-15-28-30(29)32(25)26-19-22(17-18-27(26)33-28)21-10-3-2-4-11-21/h3-19H,1-2H3;3*2-19H,1H3. The molecule has 0 aliphatic carbocycles. The SMILES string of the molecule is Cc1ccccc1-c1ccc2c(c1)B1c3cccc(-c4ccccc4)c3Oc3cccc(c31)O2.Cc1ccccc1-c1ccc2c(c1)B1c3cccc(-c4ccccc4C)c3Oc3cccc(c31)O2.Cc1ccccc1-c1ccc2c(c1)Oc1cccc3c1B2c1cccc(-c2ccccc2)c1O3.Cc1ccccc1-c1cccc2c1Oc1cccc3c1B2c1cc(-c2ccccc2)ccc1O3. The van der Waals surface area contributed by atoms with Crippen molar-refractivity contribution in [3.05, 3.63) is 459 Å². The van der Waals surface area contributed by atoms with Crippen molar-refractivity contribution >= 4 is 92.4 Å². The van der Waals surface area contributed by atoms with Crippen LogP contribution in [0.3, 0.4) is 0 Å². The molecule has 646 valence electrons. The summed E-state index contributed by atoms with van der Waals surface area (Å²) in [4.78, 5) is 0. The zero-order chi connectivity index (χ0) is 91.5. The van der Waals surface area contributed by atoms with Crippen LogP contribution in [-0.4, -0.2) is 26.9 Å². The highest BCUT2D eigenvalue weighted by Gasteiger charge is 2.46. The summed E-state index contributed by atoms with van der Waals surface area (Å²) in [5, 5.41) is 0. The average Bonchev–Trinajstić information content (AvgIpc) is 0.731. The predicted molar refractivity (Wildman–Crippen MR) is 564 cm³/mol. The van der Waals surface area contributed by atoms with Gasteiger partial charge in [-0.05, 0) is 246 Å². The van der Waals surface area contributed by atoms with Gasteiger partial charge in [-0.25, -0.2) is 0 Å². The average molecular weight is 1760 g/mol. The number of hydrogen-bond donors (Lipinski definition) is 0. The van der Waals surface area contributed by atoms with Gasteiger partial charge in [0.15, 0.2) is 0 Å². The molecule has 0 spiro atoms. The highest BCUT2D eigenvalue weighted by atomic mass is 16.5. The van der Waals surface area contributed by atoms with E-state index < -0.39 is 0 Å². The van der Waals surface area contributed by atoms with Crippen LogP contribution in [0, 0.1) is 34.6 Å². The van der Waals surface area contributed by atoms with Gasteiger partial charge in [-0.2, -0.15) is 0 Å². The normalized spacial score (nSPS) is 12.7. The van der Waals surface area contributed by atoms with Crippen molar-refractivity contribution in [1.82, 2.24) is 0 Å². The Balaban J connectivity index is 0.0000000970. The summed E-state index contributed by atoms with van der Waals surface area (Å²) >= 11 is 0. The molecule has 0 aromatic heterocycles. The van der Waals surface area contributed by atoms with Gasteiger partial charge in [0.2, 0.25) is 0 Å². The van der Waals surface area contributed by atoms with Gasteiger partial charge < -0.3 is 37.9 Å². The molecule has 8 heterocycles. The van der Waals surface area contributed by atoms with E-state index in [-0.39, 0.29) is 26.9 Å². The quantitative estimate of drug-likeness (QED) is 0.139.